The number of nitrogens with two attached hydrogens (primary N) is 1. The summed E-state index contributed by atoms with van der Waals surface area (Å²) >= 11 is 2.09. The molecule has 2 heterocycles. The number of rotatable bonds is 3. The average Bonchev–Trinajstić information content (AvgIpc) is 2.60. The zero-order chi connectivity index (χ0) is 11.5. The van der Waals surface area contributed by atoms with Crippen LogP contribution in [0.2, 0.25) is 0 Å². The lowest BCUT2D eigenvalue weighted by Gasteiger charge is -2.34. The van der Waals surface area contributed by atoms with E-state index in [9.17, 15) is 0 Å². The molecule has 0 spiro atoms. The highest BCUT2D eigenvalue weighted by Gasteiger charge is 2.21. The molecule has 5 heteroatoms. The predicted molar refractivity (Wildman–Crippen MR) is 69.6 cm³/mol. The summed E-state index contributed by atoms with van der Waals surface area (Å²) in [5.74, 6) is 0. The number of thioether (sulfide) groups is 1. The minimum absolute atomic E-state index is 0.742. The van der Waals surface area contributed by atoms with Gasteiger partial charge in [-0.1, -0.05) is 13.8 Å². The van der Waals surface area contributed by atoms with Crippen LogP contribution in [0, 0.1) is 0 Å². The summed E-state index contributed by atoms with van der Waals surface area (Å²) < 4.78 is 1.92. The van der Waals surface area contributed by atoms with Gasteiger partial charge in [0.2, 0.25) is 0 Å². The second-order valence-electron chi connectivity index (χ2n) is 4.55. The van der Waals surface area contributed by atoms with Crippen molar-refractivity contribution in [1.29, 1.82) is 0 Å². The first kappa shape index (κ1) is 11.8. The average molecular weight is 240 g/mol. The smallest absolute Gasteiger partial charge is 0.0719 e. The zero-order valence-electron chi connectivity index (χ0n) is 9.97. The molecule has 2 unspecified atom stereocenters. The lowest BCUT2D eigenvalue weighted by Crippen LogP contribution is -2.41. The van der Waals surface area contributed by atoms with E-state index in [1.54, 1.807) is 6.20 Å². The predicted octanol–water partition coefficient (Wildman–Crippen LogP) is 1.29. The second-order valence-corrected chi connectivity index (χ2v) is 6.44. The number of hydrogen-bond donors (Lipinski definition) is 1. The van der Waals surface area contributed by atoms with Gasteiger partial charge in [-0.25, -0.2) is 0 Å². The van der Waals surface area contributed by atoms with Gasteiger partial charge in [-0.15, -0.1) is 0 Å². The van der Waals surface area contributed by atoms with Crippen molar-refractivity contribution in [3.05, 3.63) is 12.4 Å². The van der Waals surface area contributed by atoms with Crippen LogP contribution < -0.4 is 5.73 Å². The van der Waals surface area contributed by atoms with Crippen LogP contribution in [-0.4, -0.2) is 44.8 Å². The molecule has 0 aromatic carbocycles. The number of anilines is 1. The fourth-order valence-electron chi connectivity index (χ4n) is 2.21. The van der Waals surface area contributed by atoms with E-state index in [4.69, 9.17) is 5.73 Å². The van der Waals surface area contributed by atoms with E-state index in [2.05, 4.69) is 35.6 Å². The van der Waals surface area contributed by atoms with Crippen molar-refractivity contribution in [2.75, 3.05) is 25.4 Å². The van der Waals surface area contributed by atoms with E-state index >= 15 is 0 Å². The van der Waals surface area contributed by atoms with E-state index in [0.717, 1.165) is 29.3 Å². The number of aromatic nitrogens is 2. The van der Waals surface area contributed by atoms with Crippen LogP contribution in [0.1, 0.15) is 13.8 Å². The Kier molecular flexibility index (Phi) is 3.76. The van der Waals surface area contributed by atoms with Crippen LogP contribution in [0.15, 0.2) is 12.4 Å². The van der Waals surface area contributed by atoms with Gasteiger partial charge in [-0.3, -0.25) is 9.58 Å². The van der Waals surface area contributed by atoms with Crippen molar-refractivity contribution in [3.63, 3.8) is 0 Å². The molecule has 1 aromatic rings. The molecule has 0 aliphatic carbocycles. The minimum atomic E-state index is 0.742. The van der Waals surface area contributed by atoms with E-state index in [-0.39, 0.29) is 0 Å². The van der Waals surface area contributed by atoms with Crippen LogP contribution in [0.3, 0.4) is 0 Å². The maximum absolute atomic E-state index is 5.63. The molecule has 1 saturated heterocycles. The Morgan fingerprint density at radius 2 is 2.06 bits per heavy atom. The molecular formula is C11H20N4S. The van der Waals surface area contributed by atoms with E-state index in [1.807, 2.05) is 10.9 Å². The molecule has 2 atom stereocenters. The van der Waals surface area contributed by atoms with Crippen LogP contribution in [0.4, 0.5) is 5.69 Å². The van der Waals surface area contributed by atoms with Crippen molar-refractivity contribution >= 4 is 17.4 Å². The van der Waals surface area contributed by atoms with Crippen molar-refractivity contribution in [3.8, 4) is 0 Å². The molecule has 0 saturated carbocycles. The molecule has 16 heavy (non-hydrogen) atoms. The van der Waals surface area contributed by atoms with Gasteiger partial charge < -0.3 is 5.73 Å². The summed E-state index contributed by atoms with van der Waals surface area (Å²) in [5, 5.41) is 5.68. The topological polar surface area (TPSA) is 47.1 Å². The molecule has 1 aliphatic rings. The van der Waals surface area contributed by atoms with Crippen molar-refractivity contribution in [1.82, 2.24) is 14.7 Å². The summed E-state index contributed by atoms with van der Waals surface area (Å²) in [6, 6.07) is 0. The summed E-state index contributed by atoms with van der Waals surface area (Å²) in [6.07, 6.45) is 3.60. The van der Waals surface area contributed by atoms with Crippen LogP contribution >= 0.6 is 11.8 Å². The van der Waals surface area contributed by atoms with Gasteiger partial charge in [0.15, 0.2) is 0 Å². The molecule has 2 rings (SSSR count). The molecule has 90 valence electrons. The summed E-state index contributed by atoms with van der Waals surface area (Å²) in [5.41, 5.74) is 6.38. The van der Waals surface area contributed by atoms with Crippen molar-refractivity contribution < 1.29 is 0 Å². The van der Waals surface area contributed by atoms with Gasteiger partial charge in [-0.05, 0) is 0 Å². The molecule has 0 radical (unpaired) electrons. The maximum atomic E-state index is 5.63. The zero-order valence-corrected chi connectivity index (χ0v) is 10.8. The molecule has 2 N–H and O–H groups in total. The van der Waals surface area contributed by atoms with Gasteiger partial charge in [0.1, 0.15) is 0 Å². The molecule has 4 nitrogen and oxygen atoms in total. The normalized spacial score (nSPS) is 27.1. The summed E-state index contributed by atoms with van der Waals surface area (Å²) in [4.78, 5) is 2.52. The fraction of sp³-hybridized carbons (Fsp3) is 0.727. The van der Waals surface area contributed by atoms with Crippen LogP contribution in [0.5, 0.6) is 0 Å². The number of nitrogens with zero attached hydrogens (tertiary/aromatic N) is 3. The molecule has 1 aliphatic heterocycles. The fourth-order valence-corrected chi connectivity index (χ4v) is 3.60. The SMILES string of the molecule is CC1CN(CCn2cc(N)cn2)CC(C)S1. The second kappa shape index (κ2) is 5.10. The Morgan fingerprint density at radius 1 is 1.38 bits per heavy atom. The van der Waals surface area contributed by atoms with Gasteiger partial charge in [-0.2, -0.15) is 16.9 Å². The lowest BCUT2D eigenvalue weighted by molar-refractivity contribution is 0.256. The third-order valence-electron chi connectivity index (χ3n) is 2.79. The van der Waals surface area contributed by atoms with Gasteiger partial charge in [0.05, 0.1) is 18.4 Å². The molecule has 0 bridgehead atoms. The van der Waals surface area contributed by atoms with Gasteiger partial charge >= 0.3 is 0 Å². The highest BCUT2D eigenvalue weighted by molar-refractivity contribution is 8.00. The van der Waals surface area contributed by atoms with Crippen LogP contribution in [0.25, 0.3) is 0 Å². The third kappa shape index (κ3) is 3.15. The Morgan fingerprint density at radius 3 is 2.62 bits per heavy atom. The van der Waals surface area contributed by atoms with Crippen molar-refractivity contribution in [2.45, 2.75) is 30.9 Å². The lowest BCUT2D eigenvalue weighted by atomic mass is 10.3. The first-order valence-electron chi connectivity index (χ1n) is 5.79. The molecule has 0 amide bonds. The quantitative estimate of drug-likeness (QED) is 0.865. The largest absolute Gasteiger partial charge is 0.396 e. The van der Waals surface area contributed by atoms with Gasteiger partial charge in [0.25, 0.3) is 0 Å². The van der Waals surface area contributed by atoms with E-state index in [1.165, 1.54) is 13.1 Å². The Balaban J connectivity index is 1.81. The minimum Gasteiger partial charge on any atom is -0.396 e. The van der Waals surface area contributed by atoms with Gasteiger partial charge in [0, 0.05) is 36.3 Å². The molecule has 1 fully saturated rings. The monoisotopic (exact) mass is 240 g/mol. The third-order valence-corrected chi connectivity index (χ3v) is 4.02. The maximum Gasteiger partial charge on any atom is 0.0719 e. The van der Waals surface area contributed by atoms with E-state index < -0.39 is 0 Å². The summed E-state index contributed by atoms with van der Waals surface area (Å²) in [7, 11) is 0. The summed E-state index contributed by atoms with van der Waals surface area (Å²) in [6.45, 7) is 8.98. The first-order chi connectivity index (χ1) is 7.63. The Bertz CT molecular complexity index is 328. The van der Waals surface area contributed by atoms with Crippen molar-refractivity contribution in [2.24, 2.45) is 0 Å². The molecular weight excluding hydrogens is 220 g/mol. The standard InChI is InChI=1S/C11H20N4S/c1-9-6-14(7-10(2)16-9)3-4-15-8-11(12)5-13-15/h5,8-10H,3-4,6-7,12H2,1-2H3. The van der Waals surface area contributed by atoms with Crippen LogP contribution in [-0.2, 0) is 6.54 Å². The van der Waals surface area contributed by atoms with E-state index in [0.29, 0.717) is 0 Å². The number of nitrogen functional groups attached to an aromatic ring is 1. The first-order valence-corrected chi connectivity index (χ1v) is 6.73. The Labute approximate surface area is 101 Å². The highest BCUT2D eigenvalue weighted by atomic mass is 32.2. The Hall–Kier alpha value is -0.680. The highest BCUT2D eigenvalue weighted by Crippen LogP contribution is 2.24. The molecule has 1 aromatic heterocycles. The number of hydrogen-bond acceptors (Lipinski definition) is 4.